The highest BCUT2D eigenvalue weighted by Crippen LogP contribution is 2.40. The van der Waals surface area contributed by atoms with Gasteiger partial charge in [-0.2, -0.15) is 0 Å². The number of imidazole rings is 4. The summed E-state index contributed by atoms with van der Waals surface area (Å²) in [6, 6.07) is 31.1. The van der Waals surface area contributed by atoms with Crippen molar-refractivity contribution in [3.63, 3.8) is 0 Å². The van der Waals surface area contributed by atoms with Crippen LogP contribution in [0.1, 0.15) is 0 Å². The first-order chi connectivity index (χ1) is 19.3. The second kappa shape index (κ2) is 5.95. The summed E-state index contributed by atoms with van der Waals surface area (Å²) in [5.41, 5.74) is 10.7. The Labute approximate surface area is 217 Å². The normalized spacial score (nSPS) is 13.1. The number of aromatic nitrogens is 5. The van der Waals surface area contributed by atoms with Crippen LogP contribution in [0.2, 0.25) is 0 Å². The number of fused-ring (bicyclic) bond motifs is 18. The molecule has 0 N–H and O–H groups in total. The van der Waals surface area contributed by atoms with Crippen molar-refractivity contribution in [2.45, 2.75) is 0 Å². The van der Waals surface area contributed by atoms with Crippen LogP contribution in [0, 0.1) is 0 Å². The Bertz CT molecular complexity index is 2650. The topological polar surface area (TPSA) is 65.3 Å². The van der Waals surface area contributed by atoms with Gasteiger partial charge in [0.1, 0.15) is 38.9 Å². The van der Waals surface area contributed by atoms with E-state index in [9.17, 15) is 0 Å². The Morgan fingerprint density at radius 1 is 0.436 bits per heavy atom. The number of hydrogen-bond donors (Lipinski definition) is 0. The molecule has 0 amide bonds. The van der Waals surface area contributed by atoms with Crippen molar-refractivity contribution >= 4 is 94.0 Å². The molecule has 39 heavy (non-hydrogen) atoms. The van der Waals surface area contributed by atoms with Crippen LogP contribution in [0.5, 0.6) is 0 Å². The van der Waals surface area contributed by atoms with Crippen molar-refractivity contribution in [1.82, 2.24) is 23.2 Å². The predicted octanol–water partition coefficient (Wildman–Crippen LogP) is 7.93. The minimum atomic E-state index is 0.840. The summed E-state index contributed by atoms with van der Waals surface area (Å²) >= 11 is 0. The van der Waals surface area contributed by atoms with Crippen LogP contribution in [-0.2, 0) is 0 Å². The summed E-state index contributed by atoms with van der Waals surface area (Å²) in [7, 11) is 0. The Morgan fingerprint density at radius 3 is 1.49 bits per heavy atom. The number of furan rings is 2. The summed E-state index contributed by atoms with van der Waals surface area (Å²) in [5, 5.41) is 4.24. The zero-order valence-corrected chi connectivity index (χ0v) is 20.2. The zero-order chi connectivity index (χ0) is 25.0. The lowest BCUT2D eigenvalue weighted by Crippen LogP contribution is -1.87. The molecule has 0 radical (unpaired) electrons. The standard InChI is InChI=1S/C32H15N5O2/c1-3-10-22-16(6-1)26-24(38-22)14-12-18-28(26)33-31-35(18)20-8-5-9-21-30(20)37(31)32-34-29-19(36(21)32)13-15-25-27(29)17-7-2-4-11-23(17)39-25/h1-15H. The molecule has 7 nitrogen and oxygen atoms in total. The van der Waals surface area contributed by atoms with E-state index in [1.807, 2.05) is 36.4 Å². The number of benzene rings is 5. The van der Waals surface area contributed by atoms with Gasteiger partial charge in [-0.25, -0.2) is 14.4 Å². The molecular formula is C32H15N5O2. The van der Waals surface area contributed by atoms with Crippen LogP contribution in [0.3, 0.4) is 0 Å². The van der Waals surface area contributed by atoms with Gasteiger partial charge in [-0.3, -0.25) is 8.80 Å². The van der Waals surface area contributed by atoms with E-state index in [4.69, 9.17) is 18.8 Å². The molecule has 0 bridgehead atoms. The first-order valence-electron chi connectivity index (χ1n) is 12.9. The van der Waals surface area contributed by atoms with Crippen molar-refractivity contribution in [3.05, 3.63) is 91.0 Å². The molecule has 0 spiro atoms. The van der Waals surface area contributed by atoms with Crippen molar-refractivity contribution in [2.24, 2.45) is 0 Å². The van der Waals surface area contributed by atoms with Crippen molar-refractivity contribution in [2.75, 3.05) is 0 Å². The van der Waals surface area contributed by atoms with Crippen molar-refractivity contribution in [3.8, 4) is 0 Å². The van der Waals surface area contributed by atoms with Gasteiger partial charge < -0.3 is 8.83 Å². The van der Waals surface area contributed by atoms with Crippen molar-refractivity contribution < 1.29 is 8.83 Å². The molecule has 0 aliphatic rings. The predicted molar refractivity (Wildman–Crippen MR) is 153 cm³/mol. The second-order valence-corrected chi connectivity index (χ2v) is 10.3. The van der Waals surface area contributed by atoms with E-state index < -0.39 is 0 Å². The largest absolute Gasteiger partial charge is 0.456 e. The molecule has 0 aliphatic heterocycles. The lowest BCUT2D eigenvalue weighted by Gasteiger charge is -1.98. The van der Waals surface area contributed by atoms with Crippen molar-refractivity contribution in [1.29, 1.82) is 0 Å². The number of para-hydroxylation sites is 3. The SMILES string of the molecule is c1ccc2c(c1)oc1ccc3c(nc4n3c3cccc5c3n4c3nc4c6c(ccc4n53)oc3ccccc36)c12. The molecule has 0 saturated carbocycles. The number of hydrogen-bond acceptors (Lipinski definition) is 4. The maximum Gasteiger partial charge on any atom is 0.223 e. The van der Waals surface area contributed by atoms with Crippen LogP contribution in [-0.4, -0.2) is 23.2 Å². The molecule has 0 atom stereocenters. The van der Waals surface area contributed by atoms with E-state index in [-0.39, 0.29) is 0 Å². The van der Waals surface area contributed by atoms with Gasteiger partial charge in [-0.05, 0) is 48.5 Å². The Hall–Kier alpha value is -5.56. The average Bonchev–Trinajstić information content (AvgIpc) is 3.77. The highest BCUT2D eigenvalue weighted by Gasteiger charge is 2.25. The molecular weight excluding hydrogens is 486 g/mol. The van der Waals surface area contributed by atoms with Crippen LogP contribution in [0.25, 0.3) is 94.0 Å². The average molecular weight is 502 g/mol. The van der Waals surface area contributed by atoms with Crippen LogP contribution in [0.15, 0.2) is 99.8 Å². The van der Waals surface area contributed by atoms with E-state index in [0.29, 0.717) is 0 Å². The van der Waals surface area contributed by atoms with Gasteiger partial charge in [0, 0.05) is 10.8 Å². The molecule has 7 heteroatoms. The van der Waals surface area contributed by atoms with E-state index in [1.165, 1.54) is 0 Å². The third-order valence-corrected chi connectivity index (χ3v) is 8.39. The third-order valence-electron chi connectivity index (χ3n) is 8.39. The zero-order valence-electron chi connectivity index (χ0n) is 20.2. The molecule has 11 rings (SSSR count). The summed E-state index contributed by atoms with van der Waals surface area (Å²) < 4.78 is 19.0. The minimum absolute atomic E-state index is 0.840. The lowest BCUT2D eigenvalue weighted by atomic mass is 10.1. The van der Waals surface area contributed by atoms with Gasteiger partial charge in [0.15, 0.2) is 0 Å². The van der Waals surface area contributed by atoms with Gasteiger partial charge in [-0.1, -0.05) is 42.5 Å². The first-order valence-corrected chi connectivity index (χ1v) is 12.9. The molecule has 6 aromatic heterocycles. The Kier molecular flexibility index (Phi) is 2.84. The van der Waals surface area contributed by atoms with Gasteiger partial charge in [-0.15, -0.1) is 0 Å². The van der Waals surface area contributed by atoms with E-state index in [1.54, 1.807) is 0 Å². The molecule has 180 valence electrons. The molecule has 5 aromatic carbocycles. The summed E-state index contributed by atoms with van der Waals surface area (Å²) in [6.45, 7) is 0. The van der Waals surface area contributed by atoms with E-state index >= 15 is 0 Å². The molecule has 0 unspecified atom stereocenters. The highest BCUT2D eigenvalue weighted by molar-refractivity contribution is 6.20. The minimum Gasteiger partial charge on any atom is -0.456 e. The summed E-state index contributed by atoms with van der Waals surface area (Å²) in [6.07, 6.45) is 0. The quantitative estimate of drug-likeness (QED) is 0.212. The molecule has 0 fully saturated rings. The molecule has 0 saturated heterocycles. The van der Waals surface area contributed by atoms with Gasteiger partial charge >= 0.3 is 0 Å². The monoisotopic (exact) mass is 501 g/mol. The fourth-order valence-electron chi connectivity index (χ4n) is 6.85. The smallest absolute Gasteiger partial charge is 0.223 e. The summed E-state index contributed by atoms with van der Waals surface area (Å²) in [4.78, 5) is 10.5. The second-order valence-electron chi connectivity index (χ2n) is 10.3. The molecule has 6 heterocycles. The van der Waals surface area contributed by atoms with E-state index in [2.05, 4.69) is 67.8 Å². The maximum atomic E-state index is 6.17. The van der Waals surface area contributed by atoms with Gasteiger partial charge in [0.25, 0.3) is 0 Å². The third kappa shape index (κ3) is 1.94. The number of rotatable bonds is 0. The summed E-state index contributed by atoms with van der Waals surface area (Å²) in [5.74, 6) is 1.68. The van der Waals surface area contributed by atoms with Crippen LogP contribution in [0.4, 0.5) is 0 Å². The van der Waals surface area contributed by atoms with Gasteiger partial charge in [0.05, 0.1) is 32.8 Å². The Balaban J connectivity index is 1.39. The van der Waals surface area contributed by atoms with Gasteiger partial charge in [0.2, 0.25) is 11.6 Å². The maximum absolute atomic E-state index is 6.17. The first kappa shape index (κ1) is 18.6. The fourth-order valence-corrected chi connectivity index (χ4v) is 6.85. The molecule has 0 aliphatic carbocycles. The molecule has 11 aromatic rings. The van der Waals surface area contributed by atoms with E-state index in [0.717, 1.165) is 94.0 Å². The number of nitrogens with zero attached hydrogens (tertiary/aromatic N) is 5. The van der Waals surface area contributed by atoms with Crippen LogP contribution < -0.4 is 0 Å². The fraction of sp³-hybridized carbons (Fsp3) is 0. The lowest BCUT2D eigenvalue weighted by molar-refractivity contribution is 0.669. The van der Waals surface area contributed by atoms with Crippen LogP contribution >= 0.6 is 0 Å². The highest BCUT2D eigenvalue weighted by atomic mass is 16.3. The Morgan fingerprint density at radius 2 is 0.949 bits per heavy atom.